The van der Waals surface area contributed by atoms with Crippen LogP contribution >= 0.6 is 0 Å². The fraction of sp³-hybridized carbons (Fsp3) is 0.286. The molecular formula is C21H20N2O4. The molecule has 1 heterocycles. The number of benzene rings is 2. The van der Waals surface area contributed by atoms with Crippen LogP contribution in [-0.2, 0) is 4.79 Å². The molecule has 2 N–H and O–H groups in total. The molecule has 0 bridgehead atoms. The number of carboxylic acids is 1. The van der Waals surface area contributed by atoms with Crippen molar-refractivity contribution in [2.75, 3.05) is 0 Å². The Hall–Kier alpha value is -3.15. The molecule has 0 spiro atoms. The number of fused-ring (bicyclic) bond motifs is 1. The summed E-state index contributed by atoms with van der Waals surface area (Å²) in [6, 6.07) is 12.8. The smallest absolute Gasteiger partial charge is 0.305 e. The number of amides is 1. The highest BCUT2D eigenvalue weighted by molar-refractivity contribution is 5.93. The van der Waals surface area contributed by atoms with Crippen LogP contribution < -0.4 is 5.32 Å². The molecule has 4 rings (SSSR count). The van der Waals surface area contributed by atoms with Crippen molar-refractivity contribution in [3.8, 4) is 0 Å². The van der Waals surface area contributed by atoms with Gasteiger partial charge in [0.15, 0.2) is 5.89 Å². The lowest BCUT2D eigenvalue weighted by atomic mass is 9.99. The van der Waals surface area contributed by atoms with E-state index in [1.807, 2.05) is 42.5 Å². The molecule has 1 aliphatic rings. The number of aromatic nitrogens is 1. The molecule has 1 aromatic heterocycles. The molecule has 2 aromatic carbocycles. The highest BCUT2D eigenvalue weighted by atomic mass is 16.4. The van der Waals surface area contributed by atoms with Gasteiger partial charge in [-0.2, -0.15) is 0 Å². The molecule has 3 aromatic rings. The van der Waals surface area contributed by atoms with Crippen molar-refractivity contribution in [2.45, 2.75) is 38.1 Å². The average Bonchev–Trinajstić information content (AvgIpc) is 3.42. The standard InChI is InChI=1S/C21H20N2O4/c1-12-19(27-21(22-12)14-7-8-14)20(26)23-17(11-18(24)25)16-9-6-13-4-2-3-5-15(13)10-16/h2-6,9-10,14,17H,7-8,11H2,1H3,(H,23,26)(H,24,25)/t17-/m0/s1. The number of carboxylic acid groups (broad SMARTS) is 1. The second-order valence-corrected chi connectivity index (χ2v) is 6.97. The number of carbonyl (C=O) groups excluding carboxylic acids is 1. The van der Waals surface area contributed by atoms with Gasteiger partial charge < -0.3 is 14.8 Å². The van der Waals surface area contributed by atoms with Gasteiger partial charge in [0.2, 0.25) is 5.76 Å². The van der Waals surface area contributed by atoms with Gasteiger partial charge in [-0.3, -0.25) is 9.59 Å². The van der Waals surface area contributed by atoms with Crippen LogP contribution in [0.2, 0.25) is 0 Å². The van der Waals surface area contributed by atoms with E-state index >= 15 is 0 Å². The van der Waals surface area contributed by atoms with Crippen LogP contribution in [0.1, 0.15) is 58.9 Å². The van der Waals surface area contributed by atoms with Crippen LogP contribution in [0.15, 0.2) is 46.9 Å². The van der Waals surface area contributed by atoms with Crippen molar-refractivity contribution in [1.29, 1.82) is 0 Å². The van der Waals surface area contributed by atoms with E-state index in [9.17, 15) is 14.7 Å². The fourth-order valence-electron chi connectivity index (χ4n) is 3.21. The molecule has 1 fully saturated rings. The monoisotopic (exact) mass is 364 g/mol. The minimum absolute atomic E-state index is 0.160. The van der Waals surface area contributed by atoms with Gasteiger partial charge >= 0.3 is 5.97 Å². The van der Waals surface area contributed by atoms with Gasteiger partial charge in [0, 0.05) is 5.92 Å². The molecule has 6 heteroatoms. The number of nitrogens with zero attached hydrogens (tertiary/aromatic N) is 1. The molecule has 138 valence electrons. The average molecular weight is 364 g/mol. The van der Waals surface area contributed by atoms with Crippen molar-refractivity contribution in [3.05, 3.63) is 65.4 Å². The van der Waals surface area contributed by atoms with E-state index in [0.717, 1.165) is 29.2 Å². The molecule has 0 radical (unpaired) electrons. The number of hydrogen-bond acceptors (Lipinski definition) is 4. The first-order valence-corrected chi connectivity index (χ1v) is 9.00. The minimum Gasteiger partial charge on any atom is -0.481 e. The van der Waals surface area contributed by atoms with Gasteiger partial charge in [0.05, 0.1) is 18.2 Å². The number of hydrogen-bond donors (Lipinski definition) is 2. The fourth-order valence-corrected chi connectivity index (χ4v) is 3.21. The number of aryl methyl sites for hydroxylation is 1. The van der Waals surface area contributed by atoms with Crippen LogP contribution in [0, 0.1) is 6.92 Å². The quantitative estimate of drug-likeness (QED) is 0.691. The number of oxazole rings is 1. The number of rotatable bonds is 6. The molecular weight excluding hydrogens is 344 g/mol. The number of nitrogens with one attached hydrogen (secondary N) is 1. The zero-order chi connectivity index (χ0) is 19.0. The van der Waals surface area contributed by atoms with Crippen molar-refractivity contribution in [1.82, 2.24) is 10.3 Å². The van der Waals surface area contributed by atoms with Gasteiger partial charge in [-0.05, 0) is 42.2 Å². The molecule has 0 saturated heterocycles. The maximum Gasteiger partial charge on any atom is 0.305 e. The summed E-state index contributed by atoms with van der Waals surface area (Å²) in [4.78, 5) is 28.4. The normalized spacial score (nSPS) is 14.9. The van der Waals surface area contributed by atoms with Crippen LogP contribution in [0.3, 0.4) is 0 Å². The summed E-state index contributed by atoms with van der Waals surface area (Å²) < 4.78 is 5.64. The molecule has 0 unspecified atom stereocenters. The third-order valence-corrected chi connectivity index (χ3v) is 4.81. The van der Waals surface area contributed by atoms with Crippen molar-refractivity contribution in [3.63, 3.8) is 0 Å². The lowest BCUT2D eigenvalue weighted by molar-refractivity contribution is -0.137. The summed E-state index contributed by atoms with van der Waals surface area (Å²) in [5.41, 5.74) is 1.27. The summed E-state index contributed by atoms with van der Waals surface area (Å²) in [5.74, 6) is -0.362. The Morgan fingerprint density at radius 2 is 1.96 bits per heavy atom. The van der Waals surface area contributed by atoms with E-state index in [4.69, 9.17) is 4.42 Å². The Kier molecular flexibility index (Phi) is 4.39. The predicted octanol–water partition coefficient (Wildman–Crippen LogP) is 3.96. The molecule has 1 saturated carbocycles. The zero-order valence-corrected chi connectivity index (χ0v) is 14.9. The van der Waals surface area contributed by atoms with Gasteiger partial charge in [-0.15, -0.1) is 0 Å². The third-order valence-electron chi connectivity index (χ3n) is 4.81. The van der Waals surface area contributed by atoms with Crippen molar-refractivity contribution in [2.24, 2.45) is 0 Å². The summed E-state index contributed by atoms with van der Waals surface area (Å²) in [5, 5.41) is 14.1. The third kappa shape index (κ3) is 3.69. The van der Waals surface area contributed by atoms with Crippen LogP contribution in [-0.4, -0.2) is 22.0 Å². The molecule has 27 heavy (non-hydrogen) atoms. The van der Waals surface area contributed by atoms with Crippen molar-refractivity contribution < 1.29 is 19.1 Å². The van der Waals surface area contributed by atoms with Crippen LogP contribution in [0.4, 0.5) is 0 Å². The van der Waals surface area contributed by atoms with Crippen LogP contribution in [0.5, 0.6) is 0 Å². The molecule has 0 aliphatic heterocycles. The maximum atomic E-state index is 12.7. The summed E-state index contributed by atoms with van der Waals surface area (Å²) in [6.45, 7) is 1.73. The van der Waals surface area contributed by atoms with Gasteiger partial charge in [-0.1, -0.05) is 36.4 Å². The Morgan fingerprint density at radius 1 is 1.22 bits per heavy atom. The Morgan fingerprint density at radius 3 is 2.67 bits per heavy atom. The maximum absolute atomic E-state index is 12.7. The summed E-state index contributed by atoms with van der Waals surface area (Å²) in [6.07, 6.45) is 1.84. The topological polar surface area (TPSA) is 92.4 Å². The summed E-state index contributed by atoms with van der Waals surface area (Å²) >= 11 is 0. The largest absolute Gasteiger partial charge is 0.481 e. The molecule has 1 amide bonds. The first-order valence-electron chi connectivity index (χ1n) is 9.00. The van der Waals surface area contributed by atoms with Crippen molar-refractivity contribution >= 4 is 22.6 Å². The highest BCUT2D eigenvalue weighted by Crippen LogP contribution is 2.40. The van der Waals surface area contributed by atoms with E-state index in [1.54, 1.807) is 6.92 Å². The lowest BCUT2D eigenvalue weighted by Crippen LogP contribution is -2.30. The van der Waals surface area contributed by atoms with E-state index in [0.29, 0.717) is 17.5 Å². The highest BCUT2D eigenvalue weighted by Gasteiger charge is 2.31. The molecule has 6 nitrogen and oxygen atoms in total. The lowest BCUT2D eigenvalue weighted by Gasteiger charge is -2.17. The Labute approximate surface area is 156 Å². The van der Waals surface area contributed by atoms with E-state index in [2.05, 4.69) is 10.3 Å². The minimum atomic E-state index is -0.985. The first kappa shape index (κ1) is 17.3. The SMILES string of the molecule is Cc1nc(C2CC2)oc1C(=O)N[C@@H](CC(=O)O)c1ccc2ccccc2c1. The zero-order valence-electron chi connectivity index (χ0n) is 14.9. The predicted molar refractivity (Wildman–Crippen MR) is 99.6 cm³/mol. The van der Waals surface area contributed by atoms with E-state index in [1.165, 1.54) is 0 Å². The van der Waals surface area contributed by atoms with Gasteiger partial charge in [0.25, 0.3) is 5.91 Å². The number of aliphatic carboxylic acids is 1. The second kappa shape index (κ2) is 6.87. The Balaban J connectivity index is 1.61. The van der Waals surface area contributed by atoms with E-state index < -0.39 is 17.9 Å². The summed E-state index contributed by atoms with van der Waals surface area (Å²) in [7, 11) is 0. The van der Waals surface area contributed by atoms with Gasteiger partial charge in [0.1, 0.15) is 0 Å². The first-order chi connectivity index (χ1) is 13.0. The van der Waals surface area contributed by atoms with Crippen LogP contribution in [0.25, 0.3) is 10.8 Å². The Bertz CT molecular complexity index is 1020. The number of carbonyl (C=O) groups is 2. The molecule has 1 aliphatic carbocycles. The van der Waals surface area contributed by atoms with E-state index in [-0.39, 0.29) is 12.2 Å². The van der Waals surface area contributed by atoms with Gasteiger partial charge in [-0.25, -0.2) is 4.98 Å². The second-order valence-electron chi connectivity index (χ2n) is 6.97. The molecule has 1 atom stereocenters.